The van der Waals surface area contributed by atoms with Crippen LogP contribution < -0.4 is 5.73 Å². The van der Waals surface area contributed by atoms with E-state index in [0.717, 1.165) is 19.6 Å². The first-order valence-electron chi connectivity index (χ1n) is 7.90. The van der Waals surface area contributed by atoms with Crippen LogP contribution in [0.25, 0.3) is 0 Å². The third-order valence-corrected chi connectivity index (χ3v) is 4.02. The molecule has 1 aliphatic heterocycles. The minimum atomic E-state index is 0. The van der Waals surface area contributed by atoms with Gasteiger partial charge >= 0.3 is 0 Å². The lowest BCUT2D eigenvalue weighted by molar-refractivity contribution is 0.338. The summed E-state index contributed by atoms with van der Waals surface area (Å²) in [6, 6.07) is 8.49. The number of guanidine groups is 1. The van der Waals surface area contributed by atoms with Crippen LogP contribution in [0, 0.1) is 0 Å². The monoisotopic (exact) mass is 425 g/mol. The predicted molar refractivity (Wildman–Crippen MR) is 104 cm³/mol. The zero-order chi connectivity index (χ0) is 15.2. The molecule has 124 valence electrons. The summed E-state index contributed by atoms with van der Waals surface area (Å²) in [5.41, 5.74) is 8.55. The molecule has 6 heteroatoms. The summed E-state index contributed by atoms with van der Waals surface area (Å²) in [6.45, 7) is 3.55. The number of hydrogen-bond acceptors (Lipinski definition) is 2. The van der Waals surface area contributed by atoms with Gasteiger partial charge in [-0.05, 0) is 30.4 Å². The lowest BCUT2D eigenvalue weighted by Crippen LogP contribution is -2.40. The van der Waals surface area contributed by atoms with Crippen molar-refractivity contribution in [1.29, 1.82) is 0 Å². The van der Waals surface area contributed by atoms with Gasteiger partial charge in [0.25, 0.3) is 0 Å². The van der Waals surface area contributed by atoms with Gasteiger partial charge in [-0.2, -0.15) is 0 Å². The number of piperidine rings is 1. The Morgan fingerprint density at radius 2 is 1.96 bits per heavy atom. The normalized spacial score (nSPS) is 15.3. The summed E-state index contributed by atoms with van der Waals surface area (Å²) in [6.07, 6.45) is 9.35. The first-order valence-corrected chi connectivity index (χ1v) is 7.90. The van der Waals surface area contributed by atoms with Crippen molar-refractivity contribution in [3.63, 3.8) is 0 Å². The van der Waals surface area contributed by atoms with Crippen molar-refractivity contribution in [3.05, 3.63) is 54.1 Å². The highest BCUT2D eigenvalue weighted by atomic mass is 127. The maximum Gasteiger partial charge on any atom is 0.191 e. The summed E-state index contributed by atoms with van der Waals surface area (Å²) in [5, 5.41) is 0. The zero-order valence-electron chi connectivity index (χ0n) is 13.3. The van der Waals surface area contributed by atoms with E-state index in [2.05, 4.69) is 43.7 Å². The molecule has 1 saturated heterocycles. The Morgan fingerprint density at radius 1 is 1.17 bits per heavy atom. The number of benzene rings is 1. The summed E-state index contributed by atoms with van der Waals surface area (Å²) >= 11 is 0. The Hall–Kier alpha value is -1.57. The van der Waals surface area contributed by atoms with Crippen LogP contribution in [0.4, 0.5) is 0 Å². The molecule has 1 aromatic heterocycles. The van der Waals surface area contributed by atoms with Crippen LogP contribution in [0.15, 0.2) is 48.0 Å². The van der Waals surface area contributed by atoms with E-state index in [4.69, 9.17) is 5.73 Å². The van der Waals surface area contributed by atoms with Crippen molar-refractivity contribution >= 4 is 29.9 Å². The largest absolute Gasteiger partial charge is 0.370 e. The van der Waals surface area contributed by atoms with E-state index in [0.29, 0.717) is 12.5 Å². The molecular formula is C17H24IN5. The molecule has 23 heavy (non-hydrogen) atoms. The van der Waals surface area contributed by atoms with Gasteiger partial charge < -0.3 is 15.2 Å². The Bertz CT molecular complexity index is 618. The van der Waals surface area contributed by atoms with Gasteiger partial charge in [-0.1, -0.05) is 24.3 Å². The van der Waals surface area contributed by atoms with Crippen LogP contribution in [0.5, 0.6) is 0 Å². The number of likely N-dealkylation sites (tertiary alicyclic amines) is 1. The molecule has 2 aromatic rings. The quantitative estimate of drug-likeness (QED) is 0.466. The van der Waals surface area contributed by atoms with E-state index in [1.165, 1.54) is 30.4 Å². The van der Waals surface area contributed by atoms with E-state index in [1.807, 2.05) is 12.5 Å². The maximum absolute atomic E-state index is 6.11. The maximum atomic E-state index is 6.11. The minimum Gasteiger partial charge on any atom is -0.370 e. The molecule has 2 heterocycles. The highest BCUT2D eigenvalue weighted by molar-refractivity contribution is 14.0. The van der Waals surface area contributed by atoms with Crippen LogP contribution in [0.2, 0.25) is 0 Å². The molecule has 0 atom stereocenters. The highest BCUT2D eigenvalue weighted by Crippen LogP contribution is 2.11. The van der Waals surface area contributed by atoms with Crippen LogP contribution in [0.1, 0.15) is 30.4 Å². The molecule has 1 aliphatic rings. The van der Waals surface area contributed by atoms with Crippen LogP contribution in [-0.2, 0) is 13.1 Å². The van der Waals surface area contributed by atoms with Crippen LogP contribution in [-0.4, -0.2) is 33.5 Å². The molecule has 1 fully saturated rings. The molecule has 1 aromatic carbocycles. The molecule has 0 aliphatic carbocycles. The molecule has 0 unspecified atom stereocenters. The summed E-state index contributed by atoms with van der Waals surface area (Å²) in [5.74, 6) is 0.680. The number of aliphatic imine (C=N–C) groups is 1. The first-order chi connectivity index (χ1) is 10.8. The van der Waals surface area contributed by atoms with Crippen molar-refractivity contribution in [2.24, 2.45) is 10.7 Å². The molecule has 0 saturated carbocycles. The van der Waals surface area contributed by atoms with Gasteiger partial charge in [0.1, 0.15) is 0 Å². The molecular weight excluding hydrogens is 401 g/mol. The van der Waals surface area contributed by atoms with Gasteiger partial charge in [0.05, 0.1) is 12.9 Å². The predicted octanol–water partition coefficient (Wildman–Crippen LogP) is 2.85. The molecule has 0 amide bonds. The Morgan fingerprint density at radius 3 is 2.70 bits per heavy atom. The molecule has 3 rings (SSSR count). The van der Waals surface area contributed by atoms with E-state index >= 15 is 0 Å². The number of imidazole rings is 1. The molecule has 0 spiro atoms. The van der Waals surface area contributed by atoms with Gasteiger partial charge in [-0.25, -0.2) is 9.98 Å². The average Bonchev–Trinajstić information content (AvgIpc) is 3.07. The summed E-state index contributed by atoms with van der Waals surface area (Å²) < 4.78 is 2.06. The van der Waals surface area contributed by atoms with Gasteiger partial charge in [-0.3, -0.25) is 0 Å². The van der Waals surface area contributed by atoms with Crippen molar-refractivity contribution in [3.8, 4) is 0 Å². The molecule has 0 radical (unpaired) electrons. The van der Waals surface area contributed by atoms with E-state index in [1.54, 1.807) is 6.20 Å². The Balaban J connectivity index is 0.00000192. The fraction of sp³-hybridized carbons (Fsp3) is 0.412. The highest BCUT2D eigenvalue weighted by Gasteiger charge is 2.11. The first kappa shape index (κ1) is 17.8. The van der Waals surface area contributed by atoms with Crippen molar-refractivity contribution < 1.29 is 0 Å². The zero-order valence-corrected chi connectivity index (χ0v) is 15.6. The van der Waals surface area contributed by atoms with Crippen molar-refractivity contribution in [2.45, 2.75) is 32.4 Å². The number of rotatable bonds is 4. The number of nitrogens with two attached hydrogens (primary N) is 1. The van der Waals surface area contributed by atoms with Gasteiger partial charge in [0, 0.05) is 32.0 Å². The number of hydrogen-bond donors (Lipinski definition) is 1. The Labute approximate surface area is 154 Å². The van der Waals surface area contributed by atoms with Crippen molar-refractivity contribution in [2.75, 3.05) is 13.1 Å². The molecule has 0 bridgehead atoms. The fourth-order valence-corrected chi connectivity index (χ4v) is 2.81. The van der Waals surface area contributed by atoms with Gasteiger partial charge in [0.2, 0.25) is 0 Å². The SMILES string of the molecule is I.NC(=NCc1cccc(Cn2ccnc2)c1)N1CCCCC1. The summed E-state index contributed by atoms with van der Waals surface area (Å²) in [7, 11) is 0. The average molecular weight is 425 g/mol. The topological polar surface area (TPSA) is 59.4 Å². The second-order valence-electron chi connectivity index (χ2n) is 5.78. The third-order valence-electron chi connectivity index (χ3n) is 4.02. The van der Waals surface area contributed by atoms with Crippen LogP contribution in [0.3, 0.4) is 0 Å². The molecule has 5 nitrogen and oxygen atoms in total. The van der Waals surface area contributed by atoms with Gasteiger partial charge in [-0.15, -0.1) is 24.0 Å². The lowest BCUT2D eigenvalue weighted by atomic mass is 10.1. The number of nitrogens with zero attached hydrogens (tertiary/aromatic N) is 4. The van der Waals surface area contributed by atoms with E-state index in [9.17, 15) is 0 Å². The minimum absolute atomic E-state index is 0. The van der Waals surface area contributed by atoms with Gasteiger partial charge in [0.15, 0.2) is 5.96 Å². The third kappa shape index (κ3) is 5.23. The van der Waals surface area contributed by atoms with Crippen molar-refractivity contribution in [1.82, 2.24) is 14.5 Å². The van der Waals surface area contributed by atoms with E-state index < -0.39 is 0 Å². The van der Waals surface area contributed by atoms with Crippen LogP contribution >= 0.6 is 24.0 Å². The second kappa shape index (κ2) is 8.90. The fourth-order valence-electron chi connectivity index (χ4n) is 2.81. The lowest BCUT2D eigenvalue weighted by Gasteiger charge is -2.27. The number of halogens is 1. The Kier molecular flexibility index (Phi) is 6.88. The molecule has 2 N–H and O–H groups in total. The summed E-state index contributed by atoms with van der Waals surface area (Å²) in [4.78, 5) is 10.8. The smallest absolute Gasteiger partial charge is 0.191 e. The van der Waals surface area contributed by atoms with E-state index in [-0.39, 0.29) is 24.0 Å². The second-order valence-corrected chi connectivity index (χ2v) is 5.78. The standard InChI is InChI=1S/C17H23N5.HI/c18-17(22-8-2-1-3-9-22)20-12-15-5-4-6-16(11-15)13-21-10-7-19-14-21;/h4-7,10-11,14H,1-3,8-9,12-13H2,(H2,18,20);1H. The number of aromatic nitrogens is 2.